The van der Waals surface area contributed by atoms with Gasteiger partial charge in [0.05, 0.1) is 24.3 Å². The molecule has 5 rings (SSSR count). The van der Waals surface area contributed by atoms with Crippen molar-refractivity contribution in [3.05, 3.63) is 89.5 Å². The number of aromatic nitrogens is 2. The number of morpholine rings is 1. The zero-order chi connectivity index (χ0) is 25.1. The van der Waals surface area contributed by atoms with Gasteiger partial charge in [-0.2, -0.15) is 5.10 Å². The Labute approximate surface area is 209 Å². The summed E-state index contributed by atoms with van der Waals surface area (Å²) < 4.78 is 5.40. The predicted octanol–water partition coefficient (Wildman–Crippen LogP) is 4.32. The maximum Gasteiger partial charge on any atom is 0.256 e. The average molecular weight is 484 g/mol. The number of rotatable bonds is 6. The largest absolute Gasteiger partial charge is 0.378 e. The number of carbonyl (C=O) groups is 2. The summed E-state index contributed by atoms with van der Waals surface area (Å²) in [6.45, 7) is 7.02. The van der Waals surface area contributed by atoms with E-state index in [1.54, 1.807) is 30.3 Å². The van der Waals surface area contributed by atoms with Gasteiger partial charge in [-0.25, -0.2) is 0 Å². The highest BCUT2D eigenvalue weighted by molar-refractivity contribution is 6.09. The third-order valence-electron chi connectivity index (χ3n) is 6.48. The van der Waals surface area contributed by atoms with Crippen molar-refractivity contribution in [3.63, 3.8) is 0 Å². The first-order valence-corrected chi connectivity index (χ1v) is 12.0. The zero-order valence-electron chi connectivity index (χ0n) is 20.4. The molecule has 1 aromatic heterocycles. The van der Waals surface area contributed by atoms with Gasteiger partial charge in [-0.1, -0.05) is 30.3 Å². The SMILES string of the molecule is CC(C)(NC(=O)c1ccc2[nH]nc(NC(=O)c3ccc(N4CCOCC4)cc3)c2c1)c1ccccc1. The summed E-state index contributed by atoms with van der Waals surface area (Å²) in [5.41, 5.74) is 3.27. The van der Waals surface area contributed by atoms with Gasteiger partial charge in [0.2, 0.25) is 0 Å². The second-order valence-electron chi connectivity index (χ2n) is 9.38. The van der Waals surface area contributed by atoms with E-state index >= 15 is 0 Å². The molecule has 3 aromatic carbocycles. The normalized spacial score (nSPS) is 14.0. The molecular weight excluding hydrogens is 454 g/mol. The molecule has 0 unspecified atom stereocenters. The van der Waals surface area contributed by atoms with E-state index in [0.717, 1.165) is 29.9 Å². The Morgan fingerprint density at radius 3 is 2.33 bits per heavy atom. The number of benzene rings is 3. The molecule has 0 radical (unpaired) electrons. The van der Waals surface area contributed by atoms with Crippen molar-refractivity contribution in [1.29, 1.82) is 0 Å². The van der Waals surface area contributed by atoms with E-state index in [1.165, 1.54) is 0 Å². The lowest BCUT2D eigenvalue weighted by atomic mass is 9.94. The summed E-state index contributed by atoms with van der Waals surface area (Å²) in [6.07, 6.45) is 0. The van der Waals surface area contributed by atoms with E-state index in [1.807, 2.05) is 56.3 Å². The van der Waals surface area contributed by atoms with Crippen LogP contribution in [0.25, 0.3) is 10.9 Å². The summed E-state index contributed by atoms with van der Waals surface area (Å²) in [4.78, 5) is 28.2. The van der Waals surface area contributed by atoms with Crippen molar-refractivity contribution in [2.45, 2.75) is 19.4 Å². The number of carbonyl (C=O) groups excluding carboxylic acids is 2. The molecule has 0 spiro atoms. The Bertz CT molecular complexity index is 1370. The molecule has 0 bridgehead atoms. The van der Waals surface area contributed by atoms with Crippen molar-refractivity contribution >= 4 is 34.2 Å². The van der Waals surface area contributed by atoms with Crippen molar-refractivity contribution in [1.82, 2.24) is 15.5 Å². The zero-order valence-corrected chi connectivity index (χ0v) is 20.4. The number of H-pyrrole nitrogens is 1. The van der Waals surface area contributed by atoms with Gasteiger partial charge in [0.25, 0.3) is 11.8 Å². The molecule has 8 heteroatoms. The van der Waals surface area contributed by atoms with E-state index in [0.29, 0.717) is 35.5 Å². The topological polar surface area (TPSA) is 99.3 Å². The van der Waals surface area contributed by atoms with Gasteiger partial charge in [-0.05, 0) is 61.9 Å². The lowest BCUT2D eigenvalue weighted by Crippen LogP contribution is -2.40. The van der Waals surface area contributed by atoms with Gasteiger partial charge in [0, 0.05) is 35.3 Å². The van der Waals surface area contributed by atoms with Crippen LogP contribution in [-0.4, -0.2) is 48.3 Å². The molecule has 1 aliphatic rings. The molecule has 0 atom stereocenters. The molecule has 2 amide bonds. The minimum atomic E-state index is -0.547. The van der Waals surface area contributed by atoms with Crippen LogP contribution in [0.1, 0.15) is 40.1 Å². The Morgan fingerprint density at radius 2 is 1.61 bits per heavy atom. The number of amides is 2. The molecule has 1 fully saturated rings. The van der Waals surface area contributed by atoms with Crippen molar-refractivity contribution in [2.24, 2.45) is 0 Å². The summed E-state index contributed by atoms with van der Waals surface area (Å²) >= 11 is 0. The number of hydrogen-bond donors (Lipinski definition) is 3. The molecule has 2 heterocycles. The first-order valence-electron chi connectivity index (χ1n) is 12.0. The number of hydrogen-bond acceptors (Lipinski definition) is 5. The van der Waals surface area contributed by atoms with Crippen molar-refractivity contribution in [2.75, 3.05) is 36.5 Å². The summed E-state index contributed by atoms with van der Waals surface area (Å²) in [5.74, 6) is -0.0934. The highest BCUT2D eigenvalue weighted by Gasteiger charge is 2.24. The highest BCUT2D eigenvalue weighted by atomic mass is 16.5. The van der Waals surface area contributed by atoms with Gasteiger partial charge < -0.3 is 20.3 Å². The standard InChI is InChI=1S/C28H29N5O3/c1-28(2,21-6-4-3-5-7-21)30-27(35)20-10-13-24-23(18-20)25(32-31-24)29-26(34)19-8-11-22(12-9-19)33-14-16-36-17-15-33/h3-13,18H,14-17H2,1-2H3,(H,30,35)(H2,29,31,32,34). The van der Waals surface area contributed by atoms with Crippen LogP contribution in [0.3, 0.4) is 0 Å². The van der Waals surface area contributed by atoms with Gasteiger partial charge in [0.15, 0.2) is 5.82 Å². The first kappa shape index (κ1) is 23.6. The number of nitrogens with zero attached hydrogens (tertiary/aromatic N) is 2. The van der Waals surface area contributed by atoms with Crippen molar-refractivity contribution in [3.8, 4) is 0 Å². The van der Waals surface area contributed by atoms with Crippen LogP contribution in [0.4, 0.5) is 11.5 Å². The van der Waals surface area contributed by atoms with Crippen LogP contribution >= 0.6 is 0 Å². The Morgan fingerprint density at radius 1 is 0.917 bits per heavy atom. The molecular formula is C28H29N5O3. The highest BCUT2D eigenvalue weighted by Crippen LogP contribution is 2.25. The molecule has 0 aliphatic carbocycles. The van der Waals surface area contributed by atoms with Gasteiger partial charge >= 0.3 is 0 Å². The van der Waals surface area contributed by atoms with Crippen molar-refractivity contribution < 1.29 is 14.3 Å². The number of aromatic amines is 1. The van der Waals surface area contributed by atoms with E-state index in [-0.39, 0.29) is 11.8 Å². The summed E-state index contributed by atoms with van der Waals surface area (Å²) in [6, 6.07) is 22.6. The minimum absolute atomic E-state index is 0.206. The number of nitrogens with one attached hydrogen (secondary N) is 3. The smallest absolute Gasteiger partial charge is 0.256 e. The third kappa shape index (κ3) is 4.94. The van der Waals surface area contributed by atoms with E-state index in [4.69, 9.17) is 4.74 Å². The van der Waals surface area contributed by atoms with E-state index in [2.05, 4.69) is 25.7 Å². The molecule has 1 aliphatic heterocycles. The van der Waals surface area contributed by atoms with Crippen LogP contribution in [0.15, 0.2) is 72.8 Å². The van der Waals surface area contributed by atoms with Gasteiger partial charge in [-0.3, -0.25) is 14.7 Å². The molecule has 8 nitrogen and oxygen atoms in total. The fourth-order valence-electron chi connectivity index (χ4n) is 4.36. The van der Waals surface area contributed by atoms with Crippen LogP contribution in [0, 0.1) is 0 Å². The predicted molar refractivity (Wildman–Crippen MR) is 140 cm³/mol. The van der Waals surface area contributed by atoms with Crippen LogP contribution in [-0.2, 0) is 10.3 Å². The Balaban J connectivity index is 1.31. The van der Waals surface area contributed by atoms with Gasteiger partial charge in [-0.15, -0.1) is 0 Å². The lowest BCUT2D eigenvalue weighted by Gasteiger charge is -2.28. The lowest BCUT2D eigenvalue weighted by molar-refractivity contribution is 0.0911. The maximum atomic E-state index is 13.1. The quantitative estimate of drug-likeness (QED) is 0.379. The monoisotopic (exact) mass is 483 g/mol. The van der Waals surface area contributed by atoms with E-state index < -0.39 is 5.54 Å². The maximum absolute atomic E-state index is 13.1. The molecule has 0 saturated carbocycles. The average Bonchev–Trinajstić information content (AvgIpc) is 3.31. The third-order valence-corrected chi connectivity index (χ3v) is 6.48. The fraction of sp³-hybridized carbons (Fsp3) is 0.250. The second kappa shape index (κ2) is 9.83. The number of fused-ring (bicyclic) bond motifs is 1. The van der Waals surface area contributed by atoms with Crippen LogP contribution in [0.2, 0.25) is 0 Å². The summed E-state index contributed by atoms with van der Waals surface area (Å²) in [5, 5.41) is 13.8. The first-order chi connectivity index (χ1) is 17.4. The van der Waals surface area contributed by atoms with Gasteiger partial charge in [0.1, 0.15) is 0 Å². The Hall–Kier alpha value is -4.17. The fourth-order valence-corrected chi connectivity index (χ4v) is 4.36. The summed E-state index contributed by atoms with van der Waals surface area (Å²) in [7, 11) is 0. The molecule has 36 heavy (non-hydrogen) atoms. The molecule has 1 saturated heterocycles. The minimum Gasteiger partial charge on any atom is -0.378 e. The van der Waals surface area contributed by atoms with Crippen LogP contribution in [0.5, 0.6) is 0 Å². The second-order valence-corrected chi connectivity index (χ2v) is 9.38. The molecule has 4 aromatic rings. The van der Waals surface area contributed by atoms with E-state index in [9.17, 15) is 9.59 Å². The number of ether oxygens (including phenoxy) is 1. The number of anilines is 2. The van der Waals surface area contributed by atoms with Crippen LogP contribution < -0.4 is 15.5 Å². The Kier molecular flexibility index (Phi) is 6.43. The molecule has 184 valence electrons. The molecule has 3 N–H and O–H groups in total.